The van der Waals surface area contributed by atoms with E-state index >= 15 is 0 Å². The van der Waals surface area contributed by atoms with Gasteiger partial charge in [0, 0.05) is 22.8 Å². The smallest absolute Gasteiger partial charge is 0.152 e. The highest BCUT2D eigenvalue weighted by atomic mass is 35.5. The molecule has 0 bridgehead atoms. The van der Waals surface area contributed by atoms with E-state index in [2.05, 4.69) is 5.32 Å². The summed E-state index contributed by atoms with van der Waals surface area (Å²) >= 11 is 17.9. The summed E-state index contributed by atoms with van der Waals surface area (Å²) in [6, 6.07) is 8.72. The molecule has 0 amide bonds. The van der Waals surface area contributed by atoms with Crippen LogP contribution in [0.1, 0.15) is 18.9 Å². The van der Waals surface area contributed by atoms with Gasteiger partial charge in [-0.1, -0.05) is 41.7 Å². The molecule has 0 saturated heterocycles. The van der Waals surface area contributed by atoms with Crippen LogP contribution in [0.2, 0.25) is 15.1 Å². The summed E-state index contributed by atoms with van der Waals surface area (Å²) in [6.45, 7) is 3.19. The molecule has 0 heterocycles. The number of hydrogen-bond acceptors (Lipinski definition) is 3. The predicted molar refractivity (Wildman–Crippen MR) is 92.7 cm³/mol. The maximum Gasteiger partial charge on any atom is 0.152 e. The van der Waals surface area contributed by atoms with Crippen LogP contribution in [0.3, 0.4) is 0 Å². The van der Waals surface area contributed by atoms with Crippen LogP contribution in [0, 0.1) is 0 Å². The third kappa shape index (κ3) is 4.35. The van der Waals surface area contributed by atoms with E-state index in [0.29, 0.717) is 23.9 Å². The highest BCUT2D eigenvalue weighted by Gasteiger charge is 2.08. The molecule has 0 aromatic heterocycles. The number of hydrogen-bond donors (Lipinski definition) is 2. The van der Waals surface area contributed by atoms with E-state index in [1.54, 1.807) is 18.2 Å². The number of nitrogens with one attached hydrogen (secondary N) is 1. The standard InChI is InChI=1S/C16H16Cl3NO2/c1-2-5-22-15-4-3-11(17)6-10(15)9-20-12-7-13(18)16(21)14(19)8-12/h3-4,6-8,20-21H,2,5,9H2,1H3. The number of anilines is 1. The van der Waals surface area contributed by atoms with Crippen molar-refractivity contribution in [3.8, 4) is 11.5 Å². The minimum Gasteiger partial charge on any atom is -0.505 e. The zero-order chi connectivity index (χ0) is 16.1. The lowest BCUT2D eigenvalue weighted by atomic mass is 10.2. The Bertz CT molecular complexity index is 639. The summed E-state index contributed by atoms with van der Waals surface area (Å²) in [7, 11) is 0. The quantitative estimate of drug-likeness (QED) is 0.644. The molecule has 0 unspecified atom stereocenters. The Hall–Kier alpha value is -1.29. The van der Waals surface area contributed by atoms with Crippen molar-refractivity contribution in [2.75, 3.05) is 11.9 Å². The van der Waals surface area contributed by atoms with E-state index in [9.17, 15) is 5.11 Å². The molecule has 0 spiro atoms. The molecular formula is C16H16Cl3NO2. The average molecular weight is 361 g/mol. The summed E-state index contributed by atoms with van der Waals surface area (Å²) < 4.78 is 5.71. The number of phenolic OH excluding ortho intramolecular Hbond substituents is 1. The first kappa shape index (κ1) is 17.1. The minimum atomic E-state index is -0.122. The third-order valence-electron chi connectivity index (χ3n) is 2.98. The Morgan fingerprint density at radius 3 is 2.41 bits per heavy atom. The molecule has 0 atom stereocenters. The van der Waals surface area contributed by atoms with Crippen molar-refractivity contribution in [1.29, 1.82) is 0 Å². The highest BCUT2D eigenvalue weighted by molar-refractivity contribution is 6.37. The Balaban J connectivity index is 2.15. The molecule has 0 fully saturated rings. The first-order valence-electron chi connectivity index (χ1n) is 6.84. The number of phenols is 1. The van der Waals surface area contributed by atoms with Gasteiger partial charge < -0.3 is 15.2 Å². The number of aromatic hydroxyl groups is 1. The zero-order valence-corrected chi connectivity index (χ0v) is 14.3. The number of halogens is 3. The van der Waals surface area contributed by atoms with Gasteiger partial charge in [-0.15, -0.1) is 0 Å². The Morgan fingerprint density at radius 1 is 1.09 bits per heavy atom. The second-order valence-electron chi connectivity index (χ2n) is 4.74. The monoisotopic (exact) mass is 359 g/mol. The fourth-order valence-electron chi connectivity index (χ4n) is 1.90. The molecule has 2 aromatic rings. The SMILES string of the molecule is CCCOc1ccc(Cl)cc1CNc1cc(Cl)c(O)c(Cl)c1. The number of benzene rings is 2. The number of rotatable bonds is 6. The lowest BCUT2D eigenvalue weighted by Gasteiger charge is -2.13. The van der Waals surface area contributed by atoms with Gasteiger partial charge in [0.1, 0.15) is 5.75 Å². The first-order valence-corrected chi connectivity index (χ1v) is 7.97. The van der Waals surface area contributed by atoms with Crippen LogP contribution in [-0.2, 0) is 6.54 Å². The van der Waals surface area contributed by atoms with Gasteiger partial charge in [0.25, 0.3) is 0 Å². The molecule has 0 saturated carbocycles. The maximum absolute atomic E-state index is 9.56. The summed E-state index contributed by atoms with van der Waals surface area (Å²) in [5, 5.41) is 13.8. The van der Waals surface area contributed by atoms with E-state index in [4.69, 9.17) is 39.5 Å². The second kappa shape index (κ2) is 7.82. The predicted octanol–water partition coefficient (Wildman–Crippen LogP) is 5.75. The molecule has 2 N–H and O–H groups in total. The van der Waals surface area contributed by atoms with Gasteiger partial charge in [0.15, 0.2) is 5.75 Å². The lowest BCUT2D eigenvalue weighted by molar-refractivity contribution is 0.314. The Labute approximate surface area is 144 Å². The van der Waals surface area contributed by atoms with Crippen LogP contribution in [0.4, 0.5) is 5.69 Å². The van der Waals surface area contributed by atoms with E-state index in [-0.39, 0.29) is 15.8 Å². The van der Waals surface area contributed by atoms with E-state index in [1.807, 2.05) is 19.1 Å². The van der Waals surface area contributed by atoms with Gasteiger partial charge in [0.2, 0.25) is 0 Å². The van der Waals surface area contributed by atoms with E-state index in [1.165, 1.54) is 0 Å². The molecule has 0 aliphatic carbocycles. The molecule has 0 aliphatic heterocycles. The van der Waals surface area contributed by atoms with Gasteiger partial charge in [-0.05, 0) is 36.8 Å². The zero-order valence-electron chi connectivity index (χ0n) is 12.0. The van der Waals surface area contributed by atoms with Crippen LogP contribution < -0.4 is 10.1 Å². The molecule has 118 valence electrons. The lowest BCUT2D eigenvalue weighted by Crippen LogP contribution is -2.04. The number of ether oxygens (including phenoxy) is 1. The fourth-order valence-corrected chi connectivity index (χ4v) is 2.59. The van der Waals surface area contributed by atoms with Crippen LogP contribution in [0.5, 0.6) is 11.5 Å². The van der Waals surface area contributed by atoms with Crippen molar-refractivity contribution in [2.24, 2.45) is 0 Å². The van der Waals surface area contributed by atoms with E-state index < -0.39 is 0 Å². The van der Waals surface area contributed by atoms with Gasteiger partial charge >= 0.3 is 0 Å². The summed E-state index contributed by atoms with van der Waals surface area (Å²) in [6.07, 6.45) is 0.929. The fraction of sp³-hybridized carbons (Fsp3) is 0.250. The molecule has 3 nitrogen and oxygen atoms in total. The van der Waals surface area contributed by atoms with Crippen molar-refractivity contribution in [1.82, 2.24) is 0 Å². The van der Waals surface area contributed by atoms with Gasteiger partial charge in [-0.3, -0.25) is 0 Å². The van der Waals surface area contributed by atoms with Gasteiger partial charge in [-0.25, -0.2) is 0 Å². The summed E-state index contributed by atoms with van der Waals surface area (Å²) in [5.41, 5.74) is 1.63. The maximum atomic E-state index is 9.56. The van der Waals surface area contributed by atoms with Gasteiger partial charge in [0.05, 0.1) is 16.7 Å². The summed E-state index contributed by atoms with van der Waals surface area (Å²) in [5.74, 6) is 0.665. The molecular weight excluding hydrogens is 345 g/mol. The van der Waals surface area contributed by atoms with E-state index in [0.717, 1.165) is 17.7 Å². The van der Waals surface area contributed by atoms with Gasteiger partial charge in [-0.2, -0.15) is 0 Å². The van der Waals surface area contributed by atoms with Crippen LogP contribution in [-0.4, -0.2) is 11.7 Å². The topological polar surface area (TPSA) is 41.5 Å². The van der Waals surface area contributed by atoms with Crippen molar-refractivity contribution < 1.29 is 9.84 Å². The third-order valence-corrected chi connectivity index (χ3v) is 3.80. The van der Waals surface area contributed by atoms with Crippen molar-refractivity contribution >= 4 is 40.5 Å². The molecule has 2 aromatic carbocycles. The first-order chi connectivity index (χ1) is 10.5. The highest BCUT2D eigenvalue weighted by Crippen LogP contribution is 2.35. The molecule has 6 heteroatoms. The van der Waals surface area contributed by atoms with Crippen molar-refractivity contribution in [3.05, 3.63) is 51.0 Å². The molecule has 2 rings (SSSR count). The van der Waals surface area contributed by atoms with Crippen molar-refractivity contribution in [2.45, 2.75) is 19.9 Å². The van der Waals surface area contributed by atoms with Crippen LogP contribution >= 0.6 is 34.8 Å². The average Bonchev–Trinajstić information content (AvgIpc) is 2.49. The minimum absolute atomic E-state index is 0.122. The normalized spacial score (nSPS) is 10.5. The molecule has 22 heavy (non-hydrogen) atoms. The second-order valence-corrected chi connectivity index (χ2v) is 5.99. The van der Waals surface area contributed by atoms with Crippen molar-refractivity contribution in [3.63, 3.8) is 0 Å². The molecule has 0 aliphatic rings. The van der Waals surface area contributed by atoms with Crippen LogP contribution in [0.15, 0.2) is 30.3 Å². The summed E-state index contributed by atoms with van der Waals surface area (Å²) in [4.78, 5) is 0. The molecule has 0 radical (unpaired) electrons. The van der Waals surface area contributed by atoms with Crippen LogP contribution in [0.25, 0.3) is 0 Å². The Morgan fingerprint density at radius 2 is 1.77 bits per heavy atom. The largest absolute Gasteiger partial charge is 0.505 e. The Kier molecular flexibility index (Phi) is 6.07.